The van der Waals surface area contributed by atoms with E-state index in [2.05, 4.69) is 101 Å². The van der Waals surface area contributed by atoms with Crippen LogP contribution in [0.5, 0.6) is 0 Å². The van der Waals surface area contributed by atoms with Gasteiger partial charge in [0.2, 0.25) is 0 Å². The number of hydrogen-bond donors (Lipinski definition) is 0. The molecule has 0 radical (unpaired) electrons. The Morgan fingerprint density at radius 3 is 2.00 bits per heavy atom. The Kier molecular flexibility index (Phi) is 10.3. The van der Waals surface area contributed by atoms with Crippen molar-refractivity contribution >= 4 is 27.9 Å². The monoisotopic (exact) mass is 719 g/mol. The lowest BCUT2D eigenvalue weighted by Gasteiger charge is -2.54. The van der Waals surface area contributed by atoms with Gasteiger partial charge in [-0.2, -0.15) is 10.5 Å². The molecule has 0 N–H and O–H groups in total. The lowest BCUT2D eigenvalue weighted by Crippen LogP contribution is -2.50. The standard InChI is InChI=1S/C45H65N3OSi2/c1-10-11-12-15-43-16-19-44(20-17-43,21-18-43)40-29-35(36(30-46)31-47)28-37(49-40)14-13-34-26-38-41-39(27-34)45(32-50(4,5)6,33-51(7,8)9)23-25-48(41)24-22-42(38,2)3/h13-14,26-29H,10-12,15-25,32-33H2,1-9H3/b14-13+. The molecule has 1 aromatic carbocycles. The molecule has 0 unspecified atom stereocenters. The van der Waals surface area contributed by atoms with Gasteiger partial charge in [0, 0.05) is 45.9 Å². The van der Waals surface area contributed by atoms with Crippen LogP contribution in [0.2, 0.25) is 51.4 Å². The molecular formula is C45H65N3OSi2. The first-order valence-corrected chi connectivity index (χ1v) is 27.6. The Balaban J connectivity index is 1.38. The minimum absolute atomic E-state index is 0.00209. The lowest BCUT2D eigenvalue weighted by molar-refractivity contribution is -0.0195. The van der Waals surface area contributed by atoms with E-state index in [0.717, 1.165) is 37.3 Å². The zero-order valence-electron chi connectivity index (χ0n) is 33.5. The predicted octanol–water partition coefficient (Wildman–Crippen LogP) is 12.6. The molecule has 7 rings (SSSR count). The number of allylic oxidation sites excluding steroid dienone is 6. The molecule has 4 nitrogen and oxygen atoms in total. The number of rotatable bonds is 11. The molecule has 3 fully saturated rings. The van der Waals surface area contributed by atoms with Gasteiger partial charge in [-0.25, -0.2) is 0 Å². The second-order valence-electron chi connectivity index (χ2n) is 20.4. The average molecular weight is 720 g/mol. The van der Waals surface area contributed by atoms with Crippen molar-refractivity contribution in [2.24, 2.45) is 10.8 Å². The molecule has 3 heterocycles. The molecule has 51 heavy (non-hydrogen) atoms. The molecule has 0 amide bonds. The summed E-state index contributed by atoms with van der Waals surface area (Å²) in [5.74, 6) is 1.72. The highest BCUT2D eigenvalue weighted by molar-refractivity contribution is 6.78. The zero-order chi connectivity index (χ0) is 36.9. The Hall–Kier alpha value is -2.81. The summed E-state index contributed by atoms with van der Waals surface area (Å²) >= 11 is 0. The molecular weight excluding hydrogens is 655 g/mol. The highest BCUT2D eigenvalue weighted by Crippen LogP contribution is 2.62. The van der Waals surface area contributed by atoms with Gasteiger partial charge in [0.1, 0.15) is 29.2 Å². The van der Waals surface area contributed by atoms with Crippen molar-refractivity contribution in [2.45, 2.75) is 160 Å². The summed E-state index contributed by atoms with van der Waals surface area (Å²) in [6.45, 7) is 24.9. The number of fused-ring (bicyclic) bond motifs is 3. The van der Waals surface area contributed by atoms with Gasteiger partial charge < -0.3 is 9.64 Å². The Morgan fingerprint density at radius 2 is 1.41 bits per heavy atom. The fourth-order valence-electron chi connectivity index (χ4n) is 10.9. The smallest absolute Gasteiger partial charge is 0.137 e. The minimum Gasteiger partial charge on any atom is -0.461 e. The normalized spacial score (nSPS) is 26.5. The van der Waals surface area contributed by atoms with Crippen LogP contribution in [0.3, 0.4) is 0 Å². The highest BCUT2D eigenvalue weighted by Gasteiger charge is 2.51. The Bertz CT molecular complexity index is 1670. The molecule has 274 valence electrons. The van der Waals surface area contributed by atoms with Crippen LogP contribution >= 0.6 is 0 Å². The van der Waals surface area contributed by atoms with Crippen LogP contribution in [0.1, 0.15) is 115 Å². The van der Waals surface area contributed by atoms with Crippen molar-refractivity contribution in [3.05, 3.63) is 69.7 Å². The van der Waals surface area contributed by atoms with E-state index in [0.29, 0.717) is 11.0 Å². The van der Waals surface area contributed by atoms with Crippen molar-refractivity contribution in [1.29, 1.82) is 10.5 Å². The third kappa shape index (κ3) is 7.80. The first-order chi connectivity index (χ1) is 23.9. The first-order valence-electron chi connectivity index (χ1n) is 20.2. The summed E-state index contributed by atoms with van der Waals surface area (Å²) in [5, 5.41) is 19.9. The molecule has 6 aliphatic rings. The fourth-order valence-corrected chi connectivity index (χ4v) is 16.2. The van der Waals surface area contributed by atoms with E-state index in [4.69, 9.17) is 4.74 Å². The van der Waals surface area contributed by atoms with Gasteiger partial charge in [-0.05, 0) is 133 Å². The van der Waals surface area contributed by atoms with Gasteiger partial charge >= 0.3 is 0 Å². The molecule has 0 atom stereocenters. The van der Waals surface area contributed by atoms with Gasteiger partial charge in [0.25, 0.3) is 0 Å². The lowest BCUT2D eigenvalue weighted by atomic mass is 9.52. The number of benzene rings is 1. The SMILES string of the molecule is CCCCCC12CCC(C3=CC(=C(C#N)C#N)C=C(/C=C/c4cc5c6c(c4)C(C[Si](C)(C)C)(C[Si](C)(C)C)CCN6CCC5(C)C)O3)(CC1)CC2. The summed E-state index contributed by atoms with van der Waals surface area (Å²) in [6.07, 6.45) is 23.3. The summed E-state index contributed by atoms with van der Waals surface area (Å²) in [6, 6.07) is 12.0. The van der Waals surface area contributed by atoms with Crippen LogP contribution in [0.25, 0.3) is 6.08 Å². The highest BCUT2D eigenvalue weighted by atomic mass is 28.3. The van der Waals surface area contributed by atoms with Gasteiger partial charge in [0.05, 0.1) is 0 Å². The molecule has 0 saturated heterocycles. The van der Waals surface area contributed by atoms with Crippen LogP contribution in [-0.2, 0) is 15.6 Å². The third-order valence-corrected chi connectivity index (χ3v) is 16.8. The molecule has 1 aromatic rings. The number of ether oxygens (including phenoxy) is 1. The minimum atomic E-state index is -1.39. The third-order valence-electron chi connectivity index (χ3n) is 13.4. The topological polar surface area (TPSA) is 60.0 Å². The van der Waals surface area contributed by atoms with Crippen molar-refractivity contribution in [3.63, 3.8) is 0 Å². The quantitative estimate of drug-likeness (QED) is 0.130. The molecule has 3 saturated carbocycles. The van der Waals surface area contributed by atoms with Crippen LogP contribution < -0.4 is 4.90 Å². The number of anilines is 1. The summed E-state index contributed by atoms with van der Waals surface area (Å²) < 4.78 is 6.86. The number of hydrogen-bond acceptors (Lipinski definition) is 4. The van der Waals surface area contributed by atoms with E-state index in [1.807, 2.05) is 12.2 Å². The summed E-state index contributed by atoms with van der Waals surface area (Å²) in [7, 11) is -2.79. The predicted molar refractivity (Wildman–Crippen MR) is 220 cm³/mol. The van der Waals surface area contributed by atoms with Crippen molar-refractivity contribution < 1.29 is 4.74 Å². The van der Waals surface area contributed by atoms with E-state index in [-0.39, 0.29) is 21.8 Å². The van der Waals surface area contributed by atoms with E-state index < -0.39 is 16.1 Å². The molecule has 3 aliphatic carbocycles. The molecule has 6 heteroatoms. The van der Waals surface area contributed by atoms with Crippen molar-refractivity contribution in [1.82, 2.24) is 0 Å². The van der Waals surface area contributed by atoms with Gasteiger partial charge in [-0.15, -0.1) is 0 Å². The Labute approximate surface area is 312 Å². The van der Waals surface area contributed by atoms with Gasteiger partial charge in [-0.1, -0.05) is 85.4 Å². The maximum absolute atomic E-state index is 9.95. The van der Waals surface area contributed by atoms with Crippen LogP contribution in [-0.4, -0.2) is 29.2 Å². The maximum Gasteiger partial charge on any atom is 0.137 e. The second kappa shape index (κ2) is 13.9. The summed E-state index contributed by atoms with van der Waals surface area (Å²) in [4.78, 5) is 2.72. The molecule has 2 bridgehead atoms. The maximum atomic E-state index is 9.95. The van der Waals surface area contributed by atoms with E-state index in [9.17, 15) is 10.5 Å². The van der Waals surface area contributed by atoms with E-state index >= 15 is 0 Å². The first kappa shape index (κ1) is 37.9. The van der Waals surface area contributed by atoms with E-state index in [1.165, 1.54) is 87.5 Å². The van der Waals surface area contributed by atoms with Gasteiger partial charge in [-0.3, -0.25) is 0 Å². The second-order valence-corrected chi connectivity index (χ2v) is 31.3. The van der Waals surface area contributed by atoms with Crippen LogP contribution in [0.4, 0.5) is 5.69 Å². The van der Waals surface area contributed by atoms with Crippen molar-refractivity contribution in [3.8, 4) is 12.1 Å². The summed E-state index contributed by atoms with van der Waals surface area (Å²) in [5.41, 5.74) is 7.59. The average Bonchev–Trinajstić information content (AvgIpc) is 3.06. The number of nitrogens with zero attached hydrogens (tertiary/aromatic N) is 3. The molecule has 0 aromatic heterocycles. The number of unbranched alkanes of at least 4 members (excludes halogenated alkanes) is 2. The van der Waals surface area contributed by atoms with Crippen LogP contribution in [0.15, 0.2) is 53.0 Å². The largest absolute Gasteiger partial charge is 0.461 e. The zero-order valence-corrected chi connectivity index (χ0v) is 35.5. The van der Waals surface area contributed by atoms with Crippen LogP contribution in [0, 0.1) is 33.5 Å². The molecule has 3 aliphatic heterocycles. The Morgan fingerprint density at radius 1 is 0.804 bits per heavy atom. The van der Waals surface area contributed by atoms with Crippen molar-refractivity contribution in [2.75, 3.05) is 18.0 Å². The number of nitriles is 2. The fraction of sp³-hybridized carbons (Fsp3) is 0.644. The van der Waals surface area contributed by atoms with E-state index in [1.54, 1.807) is 11.3 Å². The molecule has 0 spiro atoms. The van der Waals surface area contributed by atoms with Gasteiger partial charge in [0.15, 0.2) is 0 Å².